The zero-order valence-corrected chi connectivity index (χ0v) is 14.1. The zero-order chi connectivity index (χ0) is 17.6. The third kappa shape index (κ3) is 2.51. The lowest BCUT2D eigenvalue weighted by molar-refractivity contribution is -0.144. The standard InChI is InChI=1S/C21H21F2NO/c1-21-12-6-9-15(20(21)25)18(13-7-2-4-10-16(13)22)24-19(21)14-8-3-5-11-17(14)23/h2-5,7-8,10-11,15,18-19,24H,6,9,12H2,1H3/t15-,18+,19-,21+/m1/s1. The maximum Gasteiger partial charge on any atom is 0.145 e. The quantitative estimate of drug-likeness (QED) is 0.856. The molecule has 2 fully saturated rings. The van der Waals surface area contributed by atoms with Gasteiger partial charge in [0.25, 0.3) is 0 Å². The number of nitrogens with one attached hydrogen (secondary N) is 1. The molecule has 1 saturated carbocycles. The number of carbonyl (C=O) groups is 1. The lowest BCUT2D eigenvalue weighted by Gasteiger charge is -2.51. The van der Waals surface area contributed by atoms with Crippen molar-refractivity contribution >= 4 is 5.78 Å². The predicted octanol–water partition coefficient (Wildman–Crippen LogP) is 4.73. The van der Waals surface area contributed by atoms with Crippen molar-refractivity contribution in [1.82, 2.24) is 5.32 Å². The summed E-state index contributed by atoms with van der Waals surface area (Å²) in [6.07, 6.45) is 2.35. The Hall–Kier alpha value is -2.07. The molecule has 25 heavy (non-hydrogen) atoms. The van der Waals surface area contributed by atoms with E-state index < -0.39 is 17.5 Å². The van der Waals surface area contributed by atoms with Crippen LogP contribution >= 0.6 is 0 Å². The van der Waals surface area contributed by atoms with Gasteiger partial charge in [-0.05, 0) is 25.0 Å². The van der Waals surface area contributed by atoms with Crippen LogP contribution in [0, 0.1) is 23.0 Å². The van der Waals surface area contributed by atoms with Crippen LogP contribution in [-0.2, 0) is 4.79 Å². The lowest BCUT2D eigenvalue weighted by Crippen LogP contribution is -2.56. The summed E-state index contributed by atoms with van der Waals surface area (Å²) in [5.41, 5.74) is 0.318. The molecule has 2 aliphatic rings. The summed E-state index contributed by atoms with van der Waals surface area (Å²) >= 11 is 0. The summed E-state index contributed by atoms with van der Waals surface area (Å²) < 4.78 is 28.9. The third-order valence-corrected chi connectivity index (χ3v) is 5.95. The highest BCUT2D eigenvalue weighted by atomic mass is 19.1. The van der Waals surface area contributed by atoms with Crippen molar-refractivity contribution in [3.63, 3.8) is 0 Å². The zero-order valence-electron chi connectivity index (χ0n) is 14.1. The van der Waals surface area contributed by atoms with Crippen LogP contribution in [0.15, 0.2) is 48.5 Å². The van der Waals surface area contributed by atoms with Gasteiger partial charge in [-0.2, -0.15) is 0 Å². The molecule has 1 N–H and O–H groups in total. The van der Waals surface area contributed by atoms with Gasteiger partial charge in [-0.15, -0.1) is 0 Å². The van der Waals surface area contributed by atoms with E-state index in [1.807, 2.05) is 6.92 Å². The number of hydrogen-bond acceptors (Lipinski definition) is 2. The minimum Gasteiger partial charge on any atom is -0.301 e. The smallest absolute Gasteiger partial charge is 0.145 e. The van der Waals surface area contributed by atoms with Gasteiger partial charge >= 0.3 is 0 Å². The number of ketones is 1. The summed E-state index contributed by atoms with van der Waals surface area (Å²) in [5, 5.41) is 3.44. The number of fused-ring (bicyclic) bond motifs is 2. The van der Waals surface area contributed by atoms with Crippen LogP contribution in [0.2, 0.25) is 0 Å². The highest BCUT2D eigenvalue weighted by Gasteiger charge is 2.54. The summed E-state index contributed by atoms with van der Waals surface area (Å²) in [5.74, 6) is -0.794. The van der Waals surface area contributed by atoms with Gasteiger partial charge in [0.05, 0.1) is 0 Å². The fraction of sp³-hybridized carbons (Fsp3) is 0.381. The summed E-state index contributed by atoms with van der Waals surface area (Å²) in [4.78, 5) is 13.2. The molecular weight excluding hydrogens is 320 g/mol. The normalized spacial score (nSPS) is 31.8. The van der Waals surface area contributed by atoms with Gasteiger partial charge in [0.1, 0.15) is 17.4 Å². The van der Waals surface area contributed by atoms with Crippen molar-refractivity contribution in [2.24, 2.45) is 11.3 Å². The number of benzene rings is 2. The van der Waals surface area contributed by atoms with Gasteiger partial charge in [0.2, 0.25) is 0 Å². The van der Waals surface area contributed by atoms with Crippen LogP contribution in [0.5, 0.6) is 0 Å². The van der Waals surface area contributed by atoms with Gasteiger partial charge in [-0.3, -0.25) is 4.79 Å². The molecule has 0 radical (unpaired) electrons. The molecule has 0 unspecified atom stereocenters. The Morgan fingerprint density at radius 3 is 2.24 bits per heavy atom. The Balaban J connectivity index is 1.83. The van der Waals surface area contributed by atoms with E-state index in [0.29, 0.717) is 11.1 Å². The average molecular weight is 341 g/mol. The highest BCUT2D eigenvalue weighted by molar-refractivity contribution is 5.90. The Morgan fingerprint density at radius 1 is 1.00 bits per heavy atom. The maximum absolute atomic E-state index is 14.5. The minimum atomic E-state index is -0.660. The number of halogens is 2. The molecule has 1 heterocycles. The van der Waals surface area contributed by atoms with Crippen molar-refractivity contribution in [3.05, 3.63) is 71.3 Å². The average Bonchev–Trinajstić information content (AvgIpc) is 2.59. The molecule has 1 saturated heterocycles. The van der Waals surface area contributed by atoms with E-state index in [1.165, 1.54) is 12.1 Å². The molecule has 0 amide bonds. The number of carbonyl (C=O) groups excluding carboxylic acids is 1. The molecule has 4 atom stereocenters. The van der Waals surface area contributed by atoms with Crippen LogP contribution in [0.4, 0.5) is 8.78 Å². The van der Waals surface area contributed by atoms with E-state index in [0.717, 1.165) is 19.3 Å². The van der Waals surface area contributed by atoms with Gasteiger partial charge in [-0.25, -0.2) is 8.78 Å². The second-order valence-electron chi connectivity index (χ2n) is 7.40. The van der Waals surface area contributed by atoms with Crippen LogP contribution in [-0.4, -0.2) is 5.78 Å². The molecule has 2 aromatic carbocycles. The van der Waals surface area contributed by atoms with Crippen LogP contribution in [0.3, 0.4) is 0 Å². The minimum absolute atomic E-state index is 0.124. The Kier molecular flexibility index (Phi) is 3.95. The molecule has 2 nitrogen and oxygen atoms in total. The highest BCUT2D eigenvalue weighted by Crippen LogP contribution is 2.53. The fourth-order valence-corrected chi connectivity index (χ4v) is 4.63. The maximum atomic E-state index is 14.5. The van der Waals surface area contributed by atoms with Crippen molar-refractivity contribution < 1.29 is 13.6 Å². The molecule has 2 bridgehead atoms. The first-order chi connectivity index (χ1) is 12.0. The van der Waals surface area contributed by atoms with Crippen LogP contribution < -0.4 is 5.32 Å². The van der Waals surface area contributed by atoms with Gasteiger partial charge in [0, 0.05) is 34.5 Å². The van der Waals surface area contributed by atoms with E-state index in [-0.39, 0.29) is 23.3 Å². The summed E-state index contributed by atoms with van der Waals surface area (Å²) in [6.45, 7) is 1.92. The fourth-order valence-electron chi connectivity index (χ4n) is 4.63. The Bertz CT molecular complexity index is 821. The van der Waals surface area contributed by atoms with Crippen molar-refractivity contribution in [1.29, 1.82) is 0 Å². The SMILES string of the molecule is C[C@@]12CCC[C@@H](C1=O)[C@H](c1ccccc1F)N[C@@H]2c1ccccc1F. The molecule has 4 heteroatoms. The van der Waals surface area contributed by atoms with Crippen LogP contribution in [0.1, 0.15) is 49.4 Å². The van der Waals surface area contributed by atoms with Gasteiger partial charge in [0.15, 0.2) is 0 Å². The first-order valence-electron chi connectivity index (χ1n) is 8.81. The van der Waals surface area contributed by atoms with Crippen LogP contribution in [0.25, 0.3) is 0 Å². The second-order valence-corrected chi connectivity index (χ2v) is 7.40. The van der Waals surface area contributed by atoms with Crippen molar-refractivity contribution in [2.45, 2.75) is 38.3 Å². The third-order valence-electron chi connectivity index (χ3n) is 5.95. The second kappa shape index (κ2) is 6.03. The summed E-state index contributed by atoms with van der Waals surface area (Å²) in [7, 11) is 0. The Labute approximate surface area is 146 Å². The van der Waals surface area contributed by atoms with Crippen molar-refractivity contribution in [3.8, 4) is 0 Å². The number of piperidine rings is 1. The first kappa shape index (κ1) is 16.4. The number of Topliss-reactive ketones (excluding diaryl/α,β-unsaturated/α-hetero) is 1. The topological polar surface area (TPSA) is 29.1 Å². The molecule has 4 rings (SSSR count). The molecule has 1 aliphatic carbocycles. The van der Waals surface area contributed by atoms with E-state index >= 15 is 0 Å². The lowest BCUT2D eigenvalue weighted by atomic mass is 9.59. The predicted molar refractivity (Wildman–Crippen MR) is 91.9 cm³/mol. The molecule has 0 aromatic heterocycles. The van der Waals surface area contributed by atoms with Gasteiger partial charge < -0.3 is 5.32 Å². The van der Waals surface area contributed by atoms with E-state index in [2.05, 4.69) is 5.32 Å². The van der Waals surface area contributed by atoms with Crippen molar-refractivity contribution in [2.75, 3.05) is 0 Å². The first-order valence-corrected chi connectivity index (χ1v) is 8.81. The van der Waals surface area contributed by atoms with Gasteiger partial charge in [-0.1, -0.05) is 49.7 Å². The molecule has 0 spiro atoms. The monoisotopic (exact) mass is 341 g/mol. The molecule has 130 valence electrons. The largest absolute Gasteiger partial charge is 0.301 e. The number of rotatable bonds is 2. The number of hydrogen-bond donors (Lipinski definition) is 1. The van der Waals surface area contributed by atoms with E-state index in [9.17, 15) is 13.6 Å². The Morgan fingerprint density at radius 2 is 1.60 bits per heavy atom. The van der Waals surface area contributed by atoms with E-state index in [1.54, 1.807) is 36.4 Å². The summed E-state index contributed by atoms with van der Waals surface area (Å²) in [6, 6.07) is 12.2. The molecule has 2 aromatic rings. The molecular formula is C21H21F2NO. The molecule has 1 aliphatic heterocycles. The van der Waals surface area contributed by atoms with E-state index in [4.69, 9.17) is 0 Å².